The van der Waals surface area contributed by atoms with Crippen LogP contribution in [0.2, 0.25) is 0 Å². The van der Waals surface area contributed by atoms with Gasteiger partial charge in [0.05, 0.1) is 38.8 Å². The number of carboxylic acids is 4. The van der Waals surface area contributed by atoms with E-state index in [1.165, 1.54) is 0 Å². The van der Waals surface area contributed by atoms with Crippen molar-refractivity contribution in [3.05, 3.63) is 0 Å². The molecule has 0 spiro atoms. The Morgan fingerprint density at radius 2 is 1.26 bits per heavy atom. The van der Waals surface area contributed by atoms with Gasteiger partial charge >= 0.3 is 23.9 Å². The third-order valence-corrected chi connectivity index (χ3v) is 4.81. The highest BCUT2D eigenvalue weighted by Gasteiger charge is 2.59. The molecule has 9 heteroatoms. The largest absolute Gasteiger partial charge is 0.481 e. The Kier molecular flexibility index (Phi) is 6.08. The normalized spacial score (nSPS) is 22.1. The topological polar surface area (TPSA) is 149 Å². The molecule has 1 fully saturated rings. The Labute approximate surface area is 132 Å². The van der Waals surface area contributed by atoms with E-state index in [2.05, 4.69) is 0 Å². The fourth-order valence-corrected chi connectivity index (χ4v) is 3.52. The van der Waals surface area contributed by atoms with Crippen LogP contribution in [0.5, 0.6) is 0 Å². The predicted octanol–water partition coefficient (Wildman–Crippen LogP) is 0.235. The molecule has 1 unspecified atom stereocenters. The van der Waals surface area contributed by atoms with Crippen molar-refractivity contribution in [2.75, 3.05) is 19.6 Å². The molecule has 1 saturated heterocycles. The van der Waals surface area contributed by atoms with E-state index in [0.717, 1.165) is 0 Å². The lowest BCUT2D eigenvalue weighted by molar-refractivity contribution is -1.01. The van der Waals surface area contributed by atoms with E-state index < -0.39 is 29.4 Å². The van der Waals surface area contributed by atoms with Crippen LogP contribution in [0, 0.1) is 0 Å². The summed E-state index contributed by atoms with van der Waals surface area (Å²) >= 11 is 0. The highest BCUT2D eigenvalue weighted by molar-refractivity contribution is 5.69. The lowest BCUT2D eigenvalue weighted by atomic mass is 9.73. The molecule has 1 heterocycles. The molecule has 0 bridgehead atoms. The zero-order valence-corrected chi connectivity index (χ0v) is 12.7. The van der Waals surface area contributed by atoms with E-state index >= 15 is 0 Å². The van der Waals surface area contributed by atoms with Gasteiger partial charge in [-0.3, -0.25) is 14.4 Å². The van der Waals surface area contributed by atoms with Gasteiger partial charge < -0.3 is 24.9 Å². The van der Waals surface area contributed by atoms with E-state index in [-0.39, 0.29) is 49.7 Å². The van der Waals surface area contributed by atoms with E-state index in [1.54, 1.807) is 0 Å². The van der Waals surface area contributed by atoms with Crippen LogP contribution in [0.1, 0.15) is 38.5 Å². The van der Waals surface area contributed by atoms with Crippen molar-refractivity contribution in [1.29, 1.82) is 0 Å². The Bertz CT molecular complexity index is 485. The summed E-state index contributed by atoms with van der Waals surface area (Å²) in [6.45, 7) is 0.145. The van der Waals surface area contributed by atoms with Crippen LogP contribution < -0.4 is 0 Å². The second kappa shape index (κ2) is 7.40. The molecule has 0 aromatic heterocycles. The maximum atomic E-state index is 11.2. The molecule has 0 aromatic carbocycles. The van der Waals surface area contributed by atoms with Gasteiger partial charge in [0.1, 0.15) is 5.54 Å². The van der Waals surface area contributed by atoms with E-state index in [0.29, 0.717) is 13.0 Å². The monoisotopic (exact) mass is 332 g/mol. The zero-order chi connectivity index (χ0) is 17.7. The number of quaternary nitrogens is 1. The van der Waals surface area contributed by atoms with Crippen molar-refractivity contribution in [1.82, 2.24) is 0 Å². The molecule has 0 radical (unpaired) electrons. The Balaban J connectivity index is 3.04. The van der Waals surface area contributed by atoms with Crippen molar-refractivity contribution >= 4 is 23.9 Å². The van der Waals surface area contributed by atoms with Crippen LogP contribution in [0.3, 0.4) is 0 Å². The van der Waals surface area contributed by atoms with E-state index in [9.17, 15) is 24.3 Å². The SMILES string of the molecule is O=C(O)CCC1(CCC(=O)O)CC[N+]1(CCC(=O)O)CC(=O)O. The smallest absolute Gasteiger partial charge is 0.359 e. The molecule has 0 saturated carbocycles. The van der Waals surface area contributed by atoms with Gasteiger partial charge in [-0.1, -0.05) is 0 Å². The average Bonchev–Trinajstić information content (AvgIpc) is 2.41. The summed E-state index contributed by atoms with van der Waals surface area (Å²) in [6.07, 6.45) is 0.138. The second-order valence-electron chi connectivity index (χ2n) is 6.05. The summed E-state index contributed by atoms with van der Waals surface area (Å²) in [5.41, 5.74) is -0.801. The quantitative estimate of drug-likeness (QED) is 0.393. The Morgan fingerprint density at radius 1 is 0.783 bits per heavy atom. The summed E-state index contributed by atoms with van der Waals surface area (Å²) in [5, 5.41) is 35.9. The number of carboxylic acid groups (broad SMARTS) is 4. The van der Waals surface area contributed by atoms with Crippen molar-refractivity contribution in [2.45, 2.75) is 44.1 Å². The number of hydrogen-bond acceptors (Lipinski definition) is 4. The fraction of sp³-hybridized carbons (Fsp3) is 0.714. The number of aliphatic carboxylic acids is 4. The first-order valence-electron chi connectivity index (χ1n) is 7.36. The lowest BCUT2D eigenvalue weighted by Gasteiger charge is -2.61. The minimum Gasteiger partial charge on any atom is -0.481 e. The van der Waals surface area contributed by atoms with E-state index in [4.69, 9.17) is 15.3 Å². The fourth-order valence-electron chi connectivity index (χ4n) is 3.52. The van der Waals surface area contributed by atoms with Gasteiger partial charge in [0.15, 0.2) is 6.54 Å². The first-order chi connectivity index (χ1) is 10.6. The maximum Gasteiger partial charge on any atom is 0.359 e. The molecule has 1 aliphatic heterocycles. The van der Waals surface area contributed by atoms with Crippen LogP contribution in [0.4, 0.5) is 0 Å². The highest BCUT2D eigenvalue weighted by atomic mass is 16.4. The number of hydrogen-bond donors (Lipinski definition) is 4. The molecular weight excluding hydrogens is 310 g/mol. The Morgan fingerprint density at radius 3 is 1.57 bits per heavy atom. The molecule has 130 valence electrons. The molecule has 0 amide bonds. The van der Waals surface area contributed by atoms with Gasteiger partial charge in [-0.15, -0.1) is 0 Å². The molecule has 9 nitrogen and oxygen atoms in total. The van der Waals surface area contributed by atoms with Gasteiger partial charge in [-0.05, 0) is 0 Å². The molecule has 1 aliphatic rings. The number of rotatable bonds is 11. The molecule has 1 atom stereocenters. The van der Waals surface area contributed by atoms with Gasteiger partial charge in [0.2, 0.25) is 0 Å². The lowest BCUT2D eigenvalue weighted by Crippen LogP contribution is -2.75. The third kappa shape index (κ3) is 4.65. The summed E-state index contributed by atoms with van der Waals surface area (Å²) in [4.78, 5) is 43.9. The summed E-state index contributed by atoms with van der Waals surface area (Å²) < 4.78 is -0.0603. The molecule has 4 N–H and O–H groups in total. The molecular formula is C14H22NO8+. The van der Waals surface area contributed by atoms with Gasteiger partial charge in [-0.2, -0.15) is 0 Å². The van der Waals surface area contributed by atoms with Crippen LogP contribution in [0.25, 0.3) is 0 Å². The van der Waals surface area contributed by atoms with Gasteiger partial charge in [-0.25, -0.2) is 4.79 Å². The van der Waals surface area contributed by atoms with E-state index in [1.807, 2.05) is 0 Å². The van der Waals surface area contributed by atoms with Gasteiger partial charge in [0, 0.05) is 12.8 Å². The summed E-state index contributed by atoms with van der Waals surface area (Å²) in [7, 11) is 0. The van der Waals surface area contributed by atoms with Crippen molar-refractivity contribution in [3.63, 3.8) is 0 Å². The van der Waals surface area contributed by atoms with Crippen LogP contribution in [-0.4, -0.2) is 74.0 Å². The van der Waals surface area contributed by atoms with Crippen molar-refractivity contribution < 1.29 is 44.1 Å². The molecule has 0 aromatic rings. The first-order valence-corrected chi connectivity index (χ1v) is 7.36. The third-order valence-electron chi connectivity index (χ3n) is 4.81. The predicted molar refractivity (Wildman–Crippen MR) is 75.8 cm³/mol. The minimum atomic E-state index is -1.11. The highest BCUT2D eigenvalue weighted by Crippen LogP contribution is 2.46. The summed E-state index contributed by atoms with van der Waals surface area (Å²) in [6, 6.07) is 0. The number of nitrogens with zero attached hydrogens (tertiary/aromatic N) is 1. The molecule has 1 rings (SSSR count). The number of carbonyl (C=O) groups is 4. The van der Waals surface area contributed by atoms with Gasteiger partial charge in [0.25, 0.3) is 0 Å². The zero-order valence-electron chi connectivity index (χ0n) is 12.7. The van der Waals surface area contributed by atoms with Crippen LogP contribution in [0.15, 0.2) is 0 Å². The second-order valence-corrected chi connectivity index (χ2v) is 6.05. The summed E-state index contributed by atoms with van der Waals surface area (Å²) in [5.74, 6) is -4.26. The van der Waals surface area contributed by atoms with Crippen molar-refractivity contribution in [3.8, 4) is 0 Å². The average molecular weight is 332 g/mol. The van der Waals surface area contributed by atoms with Crippen LogP contribution in [-0.2, 0) is 19.2 Å². The van der Waals surface area contributed by atoms with Crippen molar-refractivity contribution in [2.24, 2.45) is 0 Å². The standard InChI is InChI=1S/C14H21NO8/c16-10(17)1-4-14(5-2-11(18)19)6-8-15(14,9-13(22)23)7-3-12(20)21/h1-9H2,(H3-,16,17,18,19,20,21,22,23)/p+1. The maximum absolute atomic E-state index is 11.2. The first kappa shape index (κ1) is 18.9. The number of likely N-dealkylation sites (tertiary alicyclic amines) is 1. The minimum absolute atomic E-state index is 0.0564. The molecule has 0 aliphatic carbocycles. The van der Waals surface area contributed by atoms with Crippen LogP contribution >= 0.6 is 0 Å². The Hall–Kier alpha value is -2.16. The molecule has 23 heavy (non-hydrogen) atoms.